The van der Waals surface area contributed by atoms with Gasteiger partial charge in [0, 0.05) is 13.2 Å². The second-order valence-corrected chi connectivity index (χ2v) is 6.23. The molecular formula is C20H17FN4O3. The van der Waals surface area contributed by atoms with E-state index in [1.807, 2.05) is 0 Å². The number of fused-ring (bicyclic) bond motifs is 1. The minimum absolute atomic E-state index is 0.0684. The zero-order valence-electron chi connectivity index (χ0n) is 15.0. The first-order chi connectivity index (χ1) is 13.6. The number of rotatable bonds is 3. The molecule has 0 saturated carbocycles. The number of likely N-dealkylation sites (N-methyl/N-ethyl adjacent to an activating group) is 1. The third-order valence-corrected chi connectivity index (χ3v) is 4.46. The molecule has 4 rings (SSSR count). The number of para-hydroxylation sites is 2. The number of carbonyl (C=O) groups excluding carboxylic acids is 2. The molecule has 2 amide bonds. The van der Waals surface area contributed by atoms with Crippen molar-refractivity contribution >= 4 is 17.5 Å². The lowest BCUT2D eigenvalue weighted by molar-refractivity contribution is -0.127. The van der Waals surface area contributed by atoms with E-state index >= 15 is 0 Å². The lowest BCUT2D eigenvalue weighted by Crippen LogP contribution is -2.50. The molecule has 142 valence electrons. The SMILES string of the molecule is CNC(=O)C1CN(C(=O)c2ccn(-c3ccc(F)cc3)n2)c2ccccc2O1. The summed E-state index contributed by atoms with van der Waals surface area (Å²) in [5.74, 6) is -0.569. The first kappa shape index (κ1) is 17.7. The standard InChI is InChI=1S/C20H17FN4O3/c1-22-19(26)18-12-24(16-4-2-3-5-17(16)28-18)20(27)15-10-11-25(23-15)14-8-6-13(21)7-9-14/h2-11,18H,12H2,1H3,(H,22,26). The Morgan fingerprint density at radius 3 is 2.64 bits per heavy atom. The van der Waals surface area contributed by atoms with E-state index in [4.69, 9.17) is 4.74 Å². The highest BCUT2D eigenvalue weighted by Gasteiger charge is 2.34. The molecular weight excluding hydrogens is 363 g/mol. The number of benzene rings is 2. The quantitative estimate of drug-likeness (QED) is 0.756. The first-order valence-corrected chi connectivity index (χ1v) is 8.67. The van der Waals surface area contributed by atoms with E-state index in [1.165, 1.54) is 28.8 Å². The van der Waals surface area contributed by atoms with Crippen LogP contribution in [0.2, 0.25) is 0 Å². The number of hydrogen-bond acceptors (Lipinski definition) is 4. The second kappa shape index (κ2) is 7.15. The van der Waals surface area contributed by atoms with Crippen molar-refractivity contribution in [2.45, 2.75) is 6.10 Å². The molecule has 7 nitrogen and oxygen atoms in total. The zero-order chi connectivity index (χ0) is 19.7. The van der Waals surface area contributed by atoms with Gasteiger partial charge in [-0.05, 0) is 42.5 Å². The van der Waals surface area contributed by atoms with Crippen molar-refractivity contribution in [3.8, 4) is 11.4 Å². The maximum absolute atomic E-state index is 13.1. The van der Waals surface area contributed by atoms with E-state index in [2.05, 4.69) is 10.4 Å². The van der Waals surface area contributed by atoms with E-state index in [0.29, 0.717) is 17.1 Å². The van der Waals surface area contributed by atoms with Gasteiger partial charge in [-0.15, -0.1) is 0 Å². The number of carbonyl (C=O) groups is 2. The number of hydrogen-bond donors (Lipinski definition) is 1. The van der Waals surface area contributed by atoms with Crippen molar-refractivity contribution in [2.75, 3.05) is 18.5 Å². The van der Waals surface area contributed by atoms with Crippen LogP contribution in [0.5, 0.6) is 5.75 Å². The highest BCUT2D eigenvalue weighted by molar-refractivity contribution is 6.06. The van der Waals surface area contributed by atoms with E-state index in [9.17, 15) is 14.0 Å². The van der Waals surface area contributed by atoms with Crippen LogP contribution >= 0.6 is 0 Å². The van der Waals surface area contributed by atoms with Crippen LogP contribution in [0.4, 0.5) is 10.1 Å². The van der Waals surface area contributed by atoms with Gasteiger partial charge in [0.15, 0.2) is 11.8 Å². The second-order valence-electron chi connectivity index (χ2n) is 6.23. The maximum atomic E-state index is 13.1. The molecule has 0 saturated heterocycles. The number of nitrogens with one attached hydrogen (secondary N) is 1. The predicted octanol–water partition coefficient (Wildman–Crippen LogP) is 2.17. The molecule has 1 atom stereocenters. The predicted molar refractivity (Wildman–Crippen MR) is 100 cm³/mol. The molecule has 1 unspecified atom stereocenters. The van der Waals surface area contributed by atoms with Crippen LogP contribution in [-0.4, -0.2) is 41.3 Å². The Balaban J connectivity index is 1.65. The monoisotopic (exact) mass is 380 g/mol. The molecule has 0 bridgehead atoms. The van der Waals surface area contributed by atoms with Gasteiger partial charge in [0.2, 0.25) is 0 Å². The van der Waals surface area contributed by atoms with Gasteiger partial charge in [0.1, 0.15) is 11.6 Å². The summed E-state index contributed by atoms with van der Waals surface area (Å²) >= 11 is 0. The van der Waals surface area contributed by atoms with Crippen molar-refractivity contribution in [1.29, 1.82) is 0 Å². The number of anilines is 1. The summed E-state index contributed by atoms with van der Waals surface area (Å²) in [5, 5.41) is 6.85. The van der Waals surface area contributed by atoms with E-state index < -0.39 is 6.10 Å². The van der Waals surface area contributed by atoms with E-state index in [0.717, 1.165) is 0 Å². The van der Waals surface area contributed by atoms with Crippen LogP contribution in [0.1, 0.15) is 10.5 Å². The van der Waals surface area contributed by atoms with Crippen LogP contribution in [0.15, 0.2) is 60.8 Å². The molecule has 1 aromatic heterocycles. The number of amides is 2. The minimum Gasteiger partial charge on any atom is -0.477 e. The average Bonchev–Trinajstić information content (AvgIpc) is 3.22. The van der Waals surface area contributed by atoms with Gasteiger partial charge >= 0.3 is 0 Å². The number of nitrogens with zero attached hydrogens (tertiary/aromatic N) is 3. The van der Waals surface area contributed by atoms with Gasteiger partial charge < -0.3 is 10.1 Å². The molecule has 3 aromatic rings. The average molecular weight is 380 g/mol. The largest absolute Gasteiger partial charge is 0.477 e. The summed E-state index contributed by atoms with van der Waals surface area (Å²) in [7, 11) is 1.52. The fraction of sp³-hybridized carbons (Fsp3) is 0.150. The highest BCUT2D eigenvalue weighted by Crippen LogP contribution is 2.34. The van der Waals surface area contributed by atoms with Crippen molar-refractivity contribution in [3.05, 3.63) is 72.3 Å². The Morgan fingerprint density at radius 1 is 1.14 bits per heavy atom. The van der Waals surface area contributed by atoms with Crippen LogP contribution in [0.25, 0.3) is 5.69 Å². The first-order valence-electron chi connectivity index (χ1n) is 8.67. The lowest BCUT2D eigenvalue weighted by Gasteiger charge is -2.33. The topological polar surface area (TPSA) is 76.5 Å². The summed E-state index contributed by atoms with van der Waals surface area (Å²) in [6, 6.07) is 14.4. The van der Waals surface area contributed by atoms with Crippen LogP contribution < -0.4 is 15.0 Å². The molecule has 0 radical (unpaired) electrons. The number of ether oxygens (including phenoxy) is 1. The van der Waals surface area contributed by atoms with Crippen LogP contribution in [0, 0.1) is 5.82 Å². The van der Waals surface area contributed by atoms with Gasteiger partial charge in [-0.1, -0.05) is 12.1 Å². The Kier molecular flexibility index (Phi) is 4.52. The molecule has 2 heterocycles. The van der Waals surface area contributed by atoms with Gasteiger partial charge in [0.05, 0.1) is 17.9 Å². The van der Waals surface area contributed by atoms with Crippen LogP contribution in [0.3, 0.4) is 0 Å². The summed E-state index contributed by atoms with van der Waals surface area (Å²) < 4.78 is 20.3. The van der Waals surface area contributed by atoms with E-state index in [-0.39, 0.29) is 29.9 Å². The summed E-state index contributed by atoms with van der Waals surface area (Å²) in [5.41, 5.74) is 1.41. The van der Waals surface area contributed by atoms with Gasteiger partial charge in [-0.3, -0.25) is 14.5 Å². The molecule has 0 aliphatic carbocycles. The zero-order valence-corrected chi connectivity index (χ0v) is 15.0. The Morgan fingerprint density at radius 2 is 1.89 bits per heavy atom. The Labute approximate surface area is 160 Å². The van der Waals surface area contributed by atoms with Gasteiger partial charge in [-0.25, -0.2) is 9.07 Å². The maximum Gasteiger partial charge on any atom is 0.279 e. The normalized spacial score (nSPS) is 15.5. The lowest BCUT2D eigenvalue weighted by atomic mass is 10.1. The van der Waals surface area contributed by atoms with Crippen molar-refractivity contribution < 1.29 is 18.7 Å². The van der Waals surface area contributed by atoms with Crippen LogP contribution in [-0.2, 0) is 4.79 Å². The molecule has 0 fully saturated rings. The van der Waals surface area contributed by atoms with E-state index in [1.54, 1.807) is 48.7 Å². The minimum atomic E-state index is -0.817. The Bertz CT molecular complexity index is 1030. The summed E-state index contributed by atoms with van der Waals surface area (Å²) in [6.45, 7) is 0.0684. The fourth-order valence-corrected chi connectivity index (χ4v) is 3.04. The number of halogens is 1. The molecule has 1 N–H and O–H groups in total. The third-order valence-electron chi connectivity index (χ3n) is 4.46. The van der Waals surface area contributed by atoms with Gasteiger partial charge in [-0.2, -0.15) is 5.10 Å². The van der Waals surface area contributed by atoms with Crippen molar-refractivity contribution in [2.24, 2.45) is 0 Å². The van der Waals surface area contributed by atoms with Crippen molar-refractivity contribution in [3.63, 3.8) is 0 Å². The molecule has 28 heavy (non-hydrogen) atoms. The summed E-state index contributed by atoms with van der Waals surface area (Å²) in [6.07, 6.45) is 0.811. The molecule has 2 aromatic carbocycles. The highest BCUT2D eigenvalue weighted by atomic mass is 19.1. The fourth-order valence-electron chi connectivity index (χ4n) is 3.04. The molecule has 0 spiro atoms. The smallest absolute Gasteiger partial charge is 0.279 e. The molecule has 1 aliphatic rings. The third kappa shape index (κ3) is 3.20. The van der Waals surface area contributed by atoms with Crippen molar-refractivity contribution in [1.82, 2.24) is 15.1 Å². The Hall–Kier alpha value is -3.68. The summed E-state index contributed by atoms with van der Waals surface area (Å²) in [4.78, 5) is 26.7. The molecule has 8 heteroatoms. The van der Waals surface area contributed by atoms with Gasteiger partial charge in [0.25, 0.3) is 11.8 Å². The number of aromatic nitrogens is 2. The molecule has 1 aliphatic heterocycles.